The van der Waals surface area contributed by atoms with Gasteiger partial charge in [0.05, 0.1) is 19.8 Å². The number of aliphatic hydroxyl groups is 3. The highest BCUT2D eigenvalue weighted by molar-refractivity contribution is 5.45. The maximum absolute atomic E-state index is 9.90. The molecule has 37 heavy (non-hydrogen) atoms. The van der Waals surface area contributed by atoms with Crippen LogP contribution < -0.4 is 0 Å². The molecule has 4 heteroatoms. The summed E-state index contributed by atoms with van der Waals surface area (Å²) in [6.45, 7) is 1.49. The van der Waals surface area contributed by atoms with Crippen molar-refractivity contribution in [2.24, 2.45) is 0 Å². The molecule has 5 rings (SSSR count). The minimum atomic E-state index is -0.517. The summed E-state index contributed by atoms with van der Waals surface area (Å²) >= 11 is 0. The minimum absolute atomic E-state index is 0.0123. The summed E-state index contributed by atoms with van der Waals surface area (Å²) in [5.74, 6) is 0. The number of hydrogen-bond donors (Lipinski definition) is 3. The van der Waals surface area contributed by atoms with Gasteiger partial charge in [-0.15, -0.1) is 0 Å². The molecule has 0 radical (unpaired) electrons. The van der Waals surface area contributed by atoms with Gasteiger partial charge in [-0.3, -0.25) is 0 Å². The van der Waals surface area contributed by atoms with Crippen molar-refractivity contribution in [3.8, 4) is 0 Å². The van der Waals surface area contributed by atoms with Gasteiger partial charge in [-0.1, -0.05) is 115 Å². The summed E-state index contributed by atoms with van der Waals surface area (Å²) in [4.78, 5) is 0. The van der Waals surface area contributed by atoms with E-state index in [9.17, 15) is 15.3 Å². The van der Waals surface area contributed by atoms with Gasteiger partial charge in [-0.05, 0) is 40.7 Å². The number of benzene rings is 4. The highest BCUT2D eigenvalue weighted by atomic mass is 16.5. The van der Waals surface area contributed by atoms with Crippen LogP contribution in [0.25, 0.3) is 0 Å². The molecule has 0 saturated carbocycles. The lowest BCUT2D eigenvalue weighted by molar-refractivity contribution is 0.0550. The maximum Gasteiger partial charge on any atom is 0.0720 e. The van der Waals surface area contributed by atoms with Crippen molar-refractivity contribution in [1.82, 2.24) is 0 Å². The van der Waals surface area contributed by atoms with Crippen molar-refractivity contribution in [3.05, 3.63) is 143 Å². The zero-order valence-corrected chi connectivity index (χ0v) is 21.2. The molecule has 1 aliphatic heterocycles. The van der Waals surface area contributed by atoms with E-state index in [0.29, 0.717) is 26.1 Å². The molecule has 0 amide bonds. The van der Waals surface area contributed by atoms with Gasteiger partial charge in [0.1, 0.15) is 0 Å². The van der Waals surface area contributed by atoms with Gasteiger partial charge < -0.3 is 20.1 Å². The number of hydrogen-bond acceptors (Lipinski definition) is 4. The van der Waals surface area contributed by atoms with Gasteiger partial charge in [0, 0.05) is 24.0 Å². The smallest absolute Gasteiger partial charge is 0.0720 e. The van der Waals surface area contributed by atoms with Crippen LogP contribution in [0.3, 0.4) is 0 Å². The fourth-order valence-corrected chi connectivity index (χ4v) is 5.49. The lowest BCUT2D eigenvalue weighted by Gasteiger charge is -2.39. The molecule has 1 aliphatic rings. The van der Waals surface area contributed by atoms with Crippen LogP contribution >= 0.6 is 0 Å². The molecule has 4 aromatic rings. The molecule has 0 saturated heterocycles. The molecule has 1 unspecified atom stereocenters. The number of rotatable bonds is 8. The second-order valence-corrected chi connectivity index (χ2v) is 9.52. The third-order valence-corrected chi connectivity index (χ3v) is 7.47. The first-order valence-corrected chi connectivity index (χ1v) is 12.9. The van der Waals surface area contributed by atoms with Gasteiger partial charge in [0.25, 0.3) is 0 Å². The van der Waals surface area contributed by atoms with Crippen molar-refractivity contribution >= 4 is 0 Å². The van der Waals surface area contributed by atoms with Crippen molar-refractivity contribution in [3.63, 3.8) is 0 Å². The van der Waals surface area contributed by atoms with Crippen LogP contribution in [0, 0.1) is 0 Å². The average Bonchev–Trinajstić information content (AvgIpc) is 2.98. The number of fused-ring (bicyclic) bond motifs is 1. The van der Waals surface area contributed by atoms with Gasteiger partial charge in [0.15, 0.2) is 0 Å². The average molecular weight is 497 g/mol. The number of ether oxygens (including phenoxy) is 1. The lowest BCUT2D eigenvalue weighted by Crippen LogP contribution is -2.38. The Morgan fingerprint density at radius 3 is 1.73 bits per heavy atom. The van der Waals surface area contributed by atoms with Crippen molar-refractivity contribution < 1.29 is 20.1 Å². The van der Waals surface area contributed by atoms with E-state index < -0.39 is 5.41 Å². The van der Waals surface area contributed by atoms with E-state index in [1.807, 2.05) is 84.9 Å². The second-order valence-electron chi connectivity index (χ2n) is 9.52. The van der Waals surface area contributed by atoms with Crippen LogP contribution in [0.5, 0.6) is 0 Å². The highest BCUT2D eigenvalue weighted by Crippen LogP contribution is 2.41. The van der Waals surface area contributed by atoms with E-state index >= 15 is 0 Å². The molecule has 192 valence electrons. The Kier molecular flexibility index (Phi) is 9.26. The van der Waals surface area contributed by atoms with Crippen LogP contribution in [0.15, 0.2) is 115 Å². The Balaban J connectivity index is 0.000000173. The third-order valence-electron chi connectivity index (χ3n) is 7.47. The van der Waals surface area contributed by atoms with E-state index in [1.54, 1.807) is 0 Å². The monoisotopic (exact) mass is 496 g/mol. The Hall–Kier alpha value is -3.28. The van der Waals surface area contributed by atoms with Crippen LogP contribution in [-0.4, -0.2) is 41.7 Å². The first-order valence-electron chi connectivity index (χ1n) is 12.9. The molecular weight excluding hydrogens is 460 g/mol. The Morgan fingerprint density at radius 1 is 0.649 bits per heavy atom. The van der Waals surface area contributed by atoms with E-state index in [4.69, 9.17) is 4.74 Å². The Labute approximate surface area is 219 Å². The van der Waals surface area contributed by atoms with Crippen LogP contribution in [-0.2, 0) is 22.2 Å². The van der Waals surface area contributed by atoms with Crippen molar-refractivity contribution in [1.29, 1.82) is 0 Å². The van der Waals surface area contributed by atoms with Crippen LogP contribution in [0.4, 0.5) is 0 Å². The molecule has 0 bridgehead atoms. The van der Waals surface area contributed by atoms with Crippen LogP contribution in [0.1, 0.15) is 40.7 Å². The summed E-state index contributed by atoms with van der Waals surface area (Å²) < 4.78 is 5.81. The van der Waals surface area contributed by atoms with E-state index in [0.717, 1.165) is 11.1 Å². The molecular formula is C33H36O4. The van der Waals surface area contributed by atoms with Gasteiger partial charge in [-0.2, -0.15) is 0 Å². The molecule has 0 spiro atoms. The van der Waals surface area contributed by atoms with E-state index in [1.165, 1.54) is 16.7 Å². The van der Waals surface area contributed by atoms with Crippen molar-refractivity contribution in [2.75, 3.05) is 26.4 Å². The SMILES string of the molecule is OCCC(CO)(c1ccccc1)c1ccccc1.OCCC1(c2ccccc2)COCc2ccccc21. The second kappa shape index (κ2) is 12.8. The van der Waals surface area contributed by atoms with Gasteiger partial charge >= 0.3 is 0 Å². The van der Waals surface area contributed by atoms with Gasteiger partial charge in [-0.25, -0.2) is 0 Å². The minimum Gasteiger partial charge on any atom is -0.396 e. The zero-order chi connectivity index (χ0) is 26.0. The summed E-state index contributed by atoms with van der Waals surface area (Å²) in [7, 11) is 0. The summed E-state index contributed by atoms with van der Waals surface area (Å²) in [6, 6.07) is 38.5. The lowest BCUT2D eigenvalue weighted by atomic mass is 9.70. The molecule has 3 N–H and O–H groups in total. The molecule has 0 aromatic heterocycles. The van der Waals surface area contributed by atoms with Crippen molar-refractivity contribution in [2.45, 2.75) is 30.3 Å². The zero-order valence-electron chi connectivity index (χ0n) is 21.2. The molecule has 0 aliphatic carbocycles. The van der Waals surface area contributed by atoms with Gasteiger partial charge in [0.2, 0.25) is 0 Å². The van der Waals surface area contributed by atoms with Crippen LogP contribution in [0.2, 0.25) is 0 Å². The summed E-state index contributed by atoms with van der Waals surface area (Å²) in [5.41, 5.74) is 5.08. The van der Waals surface area contributed by atoms with E-state index in [2.05, 4.69) is 30.3 Å². The topological polar surface area (TPSA) is 69.9 Å². The quantitative estimate of drug-likeness (QED) is 0.312. The normalized spacial score (nSPS) is 16.8. The molecule has 1 heterocycles. The van der Waals surface area contributed by atoms with E-state index in [-0.39, 0.29) is 25.2 Å². The molecule has 1 atom stereocenters. The molecule has 4 aromatic carbocycles. The molecule has 0 fully saturated rings. The largest absolute Gasteiger partial charge is 0.396 e. The summed E-state index contributed by atoms with van der Waals surface area (Å²) in [5, 5.41) is 28.8. The highest BCUT2D eigenvalue weighted by Gasteiger charge is 2.38. The third kappa shape index (κ3) is 5.68. The fourth-order valence-electron chi connectivity index (χ4n) is 5.49. The fraction of sp³-hybridized carbons (Fsp3) is 0.273. The predicted molar refractivity (Wildman–Crippen MR) is 147 cm³/mol. The first-order chi connectivity index (χ1) is 18.2. The Bertz CT molecular complexity index is 1170. The summed E-state index contributed by atoms with van der Waals surface area (Å²) in [6.07, 6.45) is 1.20. The maximum atomic E-state index is 9.90. The number of aliphatic hydroxyl groups excluding tert-OH is 3. The standard InChI is InChI=1S/C17H18O2.C16H18O2/c18-11-10-17(15-7-2-1-3-8-15)13-19-12-14-6-4-5-9-16(14)17;17-12-11-16(13-18,14-7-3-1-4-8-14)15-9-5-2-6-10-15/h1-9,18H,10-13H2;1-10,17-18H,11-13H2. The predicted octanol–water partition coefficient (Wildman–Crippen LogP) is 5.23. The molecule has 4 nitrogen and oxygen atoms in total. The Morgan fingerprint density at radius 2 is 1.19 bits per heavy atom. The first kappa shape index (κ1) is 26.8.